The molecule has 0 atom stereocenters. The van der Waals surface area contributed by atoms with Gasteiger partial charge in [0.05, 0.1) is 0 Å². The van der Waals surface area contributed by atoms with Gasteiger partial charge >= 0.3 is 0 Å². The van der Waals surface area contributed by atoms with Gasteiger partial charge in [0.2, 0.25) is 0 Å². The summed E-state index contributed by atoms with van der Waals surface area (Å²) < 4.78 is 11.8. The summed E-state index contributed by atoms with van der Waals surface area (Å²) in [6.45, 7) is 0. The minimum atomic E-state index is 0.444. The van der Waals surface area contributed by atoms with E-state index in [9.17, 15) is 4.48 Å². The van der Waals surface area contributed by atoms with Gasteiger partial charge in [-0.2, -0.15) is 5.12 Å². The van der Waals surface area contributed by atoms with Gasteiger partial charge in [0.25, 0.3) is 0 Å². The third-order valence-corrected chi connectivity index (χ3v) is 0.737. The molecule has 44 valence electrons. The van der Waals surface area contributed by atoms with Crippen molar-refractivity contribution in [3.05, 3.63) is 0 Å². The standard InChI is InChI=1S/C3H10FN3/c1-5-7(3)6(2)4/h5H,1-3H3. The van der Waals surface area contributed by atoms with Crippen molar-refractivity contribution in [2.75, 3.05) is 21.1 Å². The van der Waals surface area contributed by atoms with Crippen LogP contribution in [0, 0.1) is 0 Å². The molecule has 0 rings (SSSR count). The first kappa shape index (κ1) is 6.81. The summed E-state index contributed by atoms with van der Waals surface area (Å²) in [4.78, 5) is 0. The molecule has 4 heteroatoms. The highest BCUT2D eigenvalue weighted by Crippen LogP contribution is 1.80. The molecule has 0 aliphatic rings. The Morgan fingerprint density at radius 2 is 1.86 bits per heavy atom. The Hall–Kier alpha value is -0.190. The molecule has 0 radical (unpaired) electrons. The van der Waals surface area contributed by atoms with E-state index in [0.29, 0.717) is 5.23 Å². The minimum Gasteiger partial charge on any atom is -0.243 e. The number of rotatable bonds is 2. The van der Waals surface area contributed by atoms with Gasteiger partial charge in [0.15, 0.2) is 0 Å². The number of halogens is 1. The third kappa shape index (κ3) is 2.50. The predicted octanol–water partition coefficient (Wildman–Crippen LogP) is -0.216. The van der Waals surface area contributed by atoms with Crippen LogP contribution in [0.1, 0.15) is 0 Å². The Labute approximate surface area is 42.6 Å². The van der Waals surface area contributed by atoms with Crippen molar-refractivity contribution in [1.29, 1.82) is 0 Å². The molecule has 0 heterocycles. The monoisotopic (exact) mass is 107 g/mol. The van der Waals surface area contributed by atoms with E-state index >= 15 is 0 Å². The zero-order valence-electron chi connectivity index (χ0n) is 4.77. The van der Waals surface area contributed by atoms with E-state index in [4.69, 9.17) is 0 Å². The topological polar surface area (TPSA) is 18.5 Å². The van der Waals surface area contributed by atoms with Gasteiger partial charge in [0, 0.05) is 21.1 Å². The normalized spacial score (nSPS) is 11.1. The Morgan fingerprint density at radius 1 is 1.43 bits per heavy atom. The second-order valence-corrected chi connectivity index (χ2v) is 1.19. The van der Waals surface area contributed by atoms with Crippen LogP contribution in [-0.4, -0.2) is 31.5 Å². The smallest absolute Gasteiger partial charge is 0.0356 e. The molecule has 1 N–H and O–H groups in total. The van der Waals surface area contributed by atoms with E-state index in [0.717, 1.165) is 0 Å². The molecular weight excluding hydrogens is 97.1 g/mol. The maximum Gasteiger partial charge on any atom is 0.0356 e. The van der Waals surface area contributed by atoms with E-state index in [-0.39, 0.29) is 0 Å². The van der Waals surface area contributed by atoms with Crippen molar-refractivity contribution >= 4 is 0 Å². The summed E-state index contributed by atoms with van der Waals surface area (Å²) in [6, 6.07) is 0. The van der Waals surface area contributed by atoms with Gasteiger partial charge in [-0.05, 0) is 0 Å². The molecular formula is C3H10FN3. The molecule has 0 aromatic rings. The molecule has 0 amide bonds. The maximum absolute atomic E-state index is 11.8. The lowest BCUT2D eigenvalue weighted by Gasteiger charge is -2.16. The van der Waals surface area contributed by atoms with Crippen LogP contribution in [0.3, 0.4) is 0 Å². The molecule has 0 fully saturated rings. The van der Waals surface area contributed by atoms with Gasteiger partial charge in [-0.25, -0.2) is 5.43 Å². The van der Waals surface area contributed by atoms with E-state index in [2.05, 4.69) is 5.43 Å². The lowest BCUT2D eigenvalue weighted by Crippen LogP contribution is -2.39. The second-order valence-electron chi connectivity index (χ2n) is 1.19. The average molecular weight is 107 g/mol. The summed E-state index contributed by atoms with van der Waals surface area (Å²) in [5, 5.41) is 1.65. The number of hydrazine groups is 2. The van der Waals surface area contributed by atoms with Gasteiger partial charge in [-0.1, -0.05) is 5.23 Å². The zero-order chi connectivity index (χ0) is 5.86. The van der Waals surface area contributed by atoms with Gasteiger partial charge < -0.3 is 0 Å². The van der Waals surface area contributed by atoms with Gasteiger partial charge in [0.1, 0.15) is 0 Å². The van der Waals surface area contributed by atoms with Crippen LogP contribution in [0.15, 0.2) is 0 Å². The number of nitrogens with one attached hydrogen (secondary N) is 1. The molecule has 0 aliphatic carbocycles. The van der Waals surface area contributed by atoms with Crippen LogP contribution in [-0.2, 0) is 0 Å². The van der Waals surface area contributed by atoms with Crippen LogP contribution in [0.4, 0.5) is 4.48 Å². The Kier molecular flexibility index (Phi) is 2.82. The Balaban J connectivity index is 3.14. The van der Waals surface area contributed by atoms with Crippen LogP contribution in [0.2, 0.25) is 0 Å². The third-order valence-electron chi connectivity index (χ3n) is 0.737. The summed E-state index contributed by atoms with van der Waals surface area (Å²) in [6.07, 6.45) is 0. The number of nitrogens with zero attached hydrogens (tertiary/aromatic N) is 2. The van der Waals surface area contributed by atoms with Crippen molar-refractivity contribution in [3.8, 4) is 0 Å². The fourth-order valence-electron chi connectivity index (χ4n) is 0.138. The fraction of sp³-hybridized carbons (Fsp3) is 1.00. The number of hydrogen-bond acceptors (Lipinski definition) is 3. The van der Waals surface area contributed by atoms with Crippen LogP contribution in [0.5, 0.6) is 0 Å². The molecule has 0 saturated heterocycles. The Bertz CT molecular complexity index is 47.4. The van der Waals surface area contributed by atoms with Crippen LogP contribution < -0.4 is 5.43 Å². The quantitative estimate of drug-likeness (QED) is 0.389. The molecule has 0 aromatic carbocycles. The lowest BCUT2D eigenvalue weighted by atomic mass is 11.2. The largest absolute Gasteiger partial charge is 0.243 e. The first-order valence-corrected chi connectivity index (χ1v) is 1.99. The zero-order valence-corrected chi connectivity index (χ0v) is 4.77. The van der Waals surface area contributed by atoms with Crippen molar-refractivity contribution in [2.45, 2.75) is 0 Å². The maximum atomic E-state index is 11.8. The first-order valence-electron chi connectivity index (χ1n) is 1.99. The highest BCUT2D eigenvalue weighted by Gasteiger charge is 1.95. The van der Waals surface area contributed by atoms with E-state index < -0.39 is 0 Å². The highest BCUT2D eigenvalue weighted by molar-refractivity contribution is 4.15. The molecule has 0 spiro atoms. The minimum absolute atomic E-state index is 0.444. The summed E-state index contributed by atoms with van der Waals surface area (Å²) in [5.41, 5.74) is 2.55. The lowest BCUT2D eigenvalue weighted by molar-refractivity contribution is -0.159. The van der Waals surface area contributed by atoms with Crippen LogP contribution >= 0.6 is 0 Å². The van der Waals surface area contributed by atoms with Crippen molar-refractivity contribution in [2.24, 2.45) is 0 Å². The van der Waals surface area contributed by atoms with Gasteiger partial charge in [-0.3, -0.25) is 0 Å². The van der Waals surface area contributed by atoms with Crippen molar-refractivity contribution in [3.63, 3.8) is 0 Å². The first-order chi connectivity index (χ1) is 3.18. The van der Waals surface area contributed by atoms with E-state index in [1.54, 1.807) is 14.1 Å². The van der Waals surface area contributed by atoms with E-state index in [1.165, 1.54) is 12.2 Å². The summed E-state index contributed by atoms with van der Waals surface area (Å²) in [7, 11) is 4.51. The molecule has 0 unspecified atom stereocenters. The Morgan fingerprint density at radius 3 is 1.86 bits per heavy atom. The molecule has 0 saturated carbocycles. The molecule has 3 nitrogen and oxygen atoms in total. The average Bonchev–Trinajstić information content (AvgIpc) is 1.65. The predicted molar refractivity (Wildman–Crippen MR) is 25.7 cm³/mol. The molecule has 7 heavy (non-hydrogen) atoms. The number of hydrogen-bond donors (Lipinski definition) is 1. The van der Waals surface area contributed by atoms with Crippen molar-refractivity contribution in [1.82, 2.24) is 15.8 Å². The summed E-state index contributed by atoms with van der Waals surface area (Å²) in [5.74, 6) is 0. The second kappa shape index (κ2) is 2.90. The van der Waals surface area contributed by atoms with Crippen LogP contribution in [0.25, 0.3) is 0 Å². The molecule has 0 aromatic heterocycles. The fourth-order valence-corrected chi connectivity index (χ4v) is 0.138. The summed E-state index contributed by atoms with van der Waals surface area (Å²) >= 11 is 0. The van der Waals surface area contributed by atoms with Crippen molar-refractivity contribution < 1.29 is 4.48 Å². The SMILES string of the molecule is CNN(C)N(C)F. The molecule has 0 bridgehead atoms. The highest BCUT2D eigenvalue weighted by atomic mass is 19.2. The molecule has 0 aliphatic heterocycles. The van der Waals surface area contributed by atoms with E-state index in [1.807, 2.05) is 0 Å². The van der Waals surface area contributed by atoms with Gasteiger partial charge in [-0.15, -0.1) is 4.48 Å².